The number of fused-ring (bicyclic) bond motifs is 2. The minimum absolute atomic E-state index is 0.0401. The zero-order valence-corrected chi connectivity index (χ0v) is 21.2. The van der Waals surface area contributed by atoms with E-state index in [-0.39, 0.29) is 17.8 Å². The average Bonchev–Trinajstić information content (AvgIpc) is 3.56. The van der Waals surface area contributed by atoms with E-state index in [0.717, 1.165) is 21.2 Å². The molecule has 9 nitrogen and oxygen atoms in total. The molecule has 11 heteroatoms. The number of rotatable bonds is 5. The number of benzene rings is 2. The maximum atomic E-state index is 14.1. The number of carbonyl (C=O) groups excluding carboxylic acids is 1. The summed E-state index contributed by atoms with van der Waals surface area (Å²) in [6.07, 6.45) is 3.30. The fraction of sp³-hybridized carbons (Fsp3) is 0.269. The van der Waals surface area contributed by atoms with Gasteiger partial charge in [0.1, 0.15) is 24.0 Å². The Morgan fingerprint density at radius 1 is 1.16 bits per heavy atom. The molecule has 188 valence electrons. The molecule has 0 radical (unpaired) electrons. The van der Waals surface area contributed by atoms with E-state index < -0.39 is 0 Å². The third kappa shape index (κ3) is 4.51. The van der Waals surface area contributed by atoms with Crippen molar-refractivity contribution in [2.24, 2.45) is 0 Å². The van der Waals surface area contributed by atoms with Crippen molar-refractivity contribution in [2.75, 3.05) is 31.6 Å². The lowest BCUT2D eigenvalue weighted by Crippen LogP contribution is -2.57. The van der Waals surface area contributed by atoms with Gasteiger partial charge in [-0.05, 0) is 49.4 Å². The van der Waals surface area contributed by atoms with E-state index in [1.807, 2.05) is 43.0 Å². The zero-order chi connectivity index (χ0) is 25.5. The van der Waals surface area contributed by atoms with Crippen LogP contribution in [0.25, 0.3) is 26.9 Å². The number of nitrogens with one attached hydrogen (secondary N) is 1. The second kappa shape index (κ2) is 9.49. The van der Waals surface area contributed by atoms with Gasteiger partial charge >= 0.3 is 0 Å². The molecular formula is C26H25FN8OS. The predicted octanol–water partition coefficient (Wildman–Crippen LogP) is 3.31. The Balaban J connectivity index is 1.21. The highest BCUT2D eigenvalue weighted by atomic mass is 32.1. The number of carbonyl (C=O) groups is 1. The van der Waals surface area contributed by atoms with Crippen LogP contribution >= 0.6 is 11.3 Å². The highest BCUT2D eigenvalue weighted by molar-refractivity contribution is 7.16. The molecule has 1 N–H and O–H groups in total. The Labute approximate surface area is 216 Å². The van der Waals surface area contributed by atoms with Crippen LogP contribution in [0, 0.1) is 12.7 Å². The Morgan fingerprint density at radius 3 is 2.92 bits per heavy atom. The van der Waals surface area contributed by atoms with E-state index >= 15 is 0 Å². The SMILES string of the molecule is Cc1ccc(-n2cc3c(N4CCN(C)[C@@H](C(=O)NCc5ccc6scnc6c5)C4)ncnc3n2)cc1F. The first-order valence-electron chi connectivity index (χ1n) is 12.0. The second-order valence-electron chi connectivity index (χ2n) is 9.26. The van der Waals surface area contributed by atoms with Gasteiger partial charge in [-0.2, -0.15) is 0 Å². The number of halogens is 1. The molecule has 1 amide bonds. The van der Waals surface area contributed by atoms with Crippen molar-refractivity contribution >= 4 is 44.3 Å². The van der Waals surface area contributed by atoms with Crippen molar-refractivity contribution < 1.29 is 9.18 Å². The third-order valence-corrected chi connectivity index (χ3v) is 7.64. The highest BCUT2D eigenvalue weighted by Gasteiger charge is 2.31. The average molecular weight is 517 g/mol. The molecule has 5 aromatic rings. The number of aromatic nitrogens is 5. The number of hydrogen-bond donors (Lipinski definition) is 1. The molecule has 0 saturated carbocycles. The molecule has 0 spiro atoms. The molecule has 0 unspecified atom stereocenters. The van der Waals surface area contributed by atoms with Crippen LogP contribution in [-0.2, 0) is 11.3 Å². The van der Waals surface area contributed by atoms with Crippen LogP contribution in [0.4, 0.5) is 10.2 Å². The van der Waals surface area contributed by atoms with Crippen LogP contribution in [0.15, 0.2) is 54.4 Å². The Bertz CT molecular complexity index is 1620. The molecule has 3 aromatic heterocycles. The van der Waals surface area contributed by atoms with Gasteiger partial charge in [0.25, 0.3) is 0 Å². The standard InChI is InChI=1S/C26H25FN8OS/c1-16-3-5-18(10-20(16)27)35-12-19-24(32-35)29-14-30-25(19)34-8-7-33(2)22(13-34)26(36)28-11-17-4-6-23-21(9-17)31-15-37-23/h3-6,9-10,12,14-15,22H,7-8,11,13H2,1-2H3,(H,28,36)/t22-/m1/s1. The van der Waals surface area contributed by atoms with Crippen molar-refractivity contribution in [1.82, 2.24) is 34.9 Å². The summed E-state index contributed by atoms with van der Waals surface area (Å²) in [4.78, 5) is 30.6. The molecule has 1 fully saturated rings. The summed E-state index contributed by atoms with van der Waals surface area (Å²) in [5.74, 6) is 0.383. The normalized spacial score (nSPS) is 16.5. The van der Waals surface area contributed by atoms with Gasteiger partial charge in [0.15, 0.2) is 5.65 Å². The molecule has 0 aliphatic carbocycles. The Hall–Kier alpha value is -3.96. The molecule has 37 heavy (non-hydrogen) atoms. The molecular weight excluding hydrogens is 491 g/mol. The predicted molar refractivity (Wildman–Crippen MR) is 141 cm³/mol. The van der Waals surface area contributed by atoms with E-state index in [2.05, 4.69) is 35.2 Å². The minimum Gasteiger partial charge on any atom is -0.353 e. The van der Waals surface area contributed by atoms with Crippen LogP contribution in [0.3, 0.4) is 0 Å². The number of thiazole rings is 1. The largest absolute Gasteiger partial charge is 0.353 e. The van der Waals surface area contributed by atoms with Crippen LogP contribution in [-0.4, -0.2) is 68.3 Å². The zero-order valence-electron chi connectivity index (χ0n) is 20.4. The molecule has 1 atom stereocenters. The van der Waals surface area contributed by atoms with Crippen LogP contribution in [0.2, 0.25) is 0 Å². The van der Waals surface area contributed by atoms with Gasteiger partial charge in [-0.25, -0.2) is 24.0 Å². The van der Waals surface area contributed by atoms with E-state index in [1.54, 1.807) is 29.0 Å². The lowest BCUT2D eigenvalue weighted by molar-refractivity contribution is -0.126. The highest BCUT2D eigenvalue weighted by Crippen LogP contribution is 2.26. The summed E-state index contributed by atoms with van der Waals surface area (Å²) >= 11 is 1.60. The van der Waals surface area contributed by atoms with Crippen LogP contribution < -0.4 is 10.2 Å². The first kappa shape index (κ1) is 23.4. The number of likely N-dealkylation sites (N-methyl/N-ethyl adjacent to an activating group) is 1. The van der Waals surface area contributed by atoms with E-state index in [0.29, 0.717) is 48.9 Å². The first-order valence-corrected chi connectivity index (χ1v) is 12.9. The fourth-order valence-corrected chi connectivity index (χ4v) is 5.26. The molecule has 1 aliphatic heterocycles. The van der Waals surface area contributed by atoms with Gasteiger partial charge < -0.3 is 10.2 Å². The number of nitrogens with zero attached hydrogens (tertiary/aromatic N) is 7. The van der Waals surface area contributed by atoms with E-state index in [4.69, 9.17) is 0 Å². The van der Waals surface area contributed by atoms with Crippen molar-refractivity contribution in [3.8, 4) is 5.69 Å². The number of hydrogen-bond acceptors (Lipinski definition) is 8. The van der Waals surface area contributed by atoms with Gasteiger partial charge in [0.05, 0.1) is 26.8 Å². The number of aryl methyl sites for hydroxylation is 1. The lowest BCUT2D eigenvalue weighted by atomic mass is 10.1. The van der Waals surface area contributed by atoms with Crippen molar-refractivity contribution in [1.29, 1.82) is 0 Å². The first-order chi connectivity index (χ1) is 18.0. The number of amides is 1. The molecule has 6 rings (SSSR count). The monoisotopic (exact) mass is 516 g/mol. The molecule has 0 bridgehead atoms. The summed E-state index contributed by atoms with van der Waals surface area (Å²) < 4.78 is 16.9. The topological polar surface area (TPSA) is 92.1 Å². The second-order valence-corrected chi connectivity index (χ2v) is 10.1. The molecule has 1 saturated heterocycles. The van der Waals surface area contributed by atoms with Gasteiger partial charge in [0.2, 0.25) is 5.91 Å². The number of anilines is 1. The Morgan fingerprint density at radius 2 is 2.05 bits per heavy atom. The maximum absolute atomic E-state index is 14.1. The van der Waals surface area contributed by atoms with Gasteiger partial charge in [-0.15, -0.1) is 16.4 Å². The summed E-state index contributed by atoms with van der Waals surface area (Å²) in [6.45, 7) is 4.04. The Kier molecular flexibility index (Phi) is 6.01. The summed E-state index contributed by atoms with van der Waals surface area (Å²) in [5, 5.41) is 8.37. The van der Waals surface area contributed by atoms with Gasteiger partial charge in [-0.3, -0.25) is 9.69 Å². The smallest absolute Gasteiger partial charge is 0.239 e. The molecule has 1 aliphatic rings. The van der Waals surface area contributed by atoms with E-state index in [9.17, 15) is 9.18 Å². The van der Waals surface area contributed by atoms with Crippen molar-refractivity contribution in [3.63, 3.8) is 0 Å². The summed E-state index contributed by atoms with van der Waals surface area (Å²) in [5.41, 5.74) is 5.48. The molecule has 4 heterocycles. The fourth-order valence-electron chi connectivity index (χ4n) is 4.60. The van der Waals surface area contributed by atoms with Gasteiger partial charge in [0, 0.05) is 32.4 Å². The summed E-state index contributed by atoms with van der Waals surface area (Å²) in [6, 6.07) is 10.7. The maximum Gasteiger partial charge on any atom is 0.239 e. The van der Waals surface area contributed by atoms with E-state index in [1.165, 1.54) is 12.4 Å². The van der Waals surface area contributed by atoms with Crippen molar-refractivity contribution in [3.05, 3.63) is 71.4 Å². The van der Waals surface area contributed by atoms with Crippen LogP contribution in [0.5, 0.6) is 0 Å². The summed E-state index contributed by atoms with van der Waals surface area (Å²) in [7, 11) is 1.96. The van der Waals surface area contributed by atoms with Gasteiger partial charge in [-0.1, -0.05) is 12.1 Å². The van der Waals surface area contributed by atoms with Crippen LogP contribution in [0.1, 0.15) is 11.1 Å². The quantitative estimate of drug-likeness (QED) is 0.383. The minimum atomic E-state index is -0.344. The molecule has 2 aromatic carbocycles. The van der Waals surface area contributed by atoms with Crippen molar-refractivity contribution in [2.45, 2.75) is 19.5 Å². The third-order valence-electron chi connectivity index (χ3n) is 6.83. The lowest BCUT2D eigenvalue weighted by Gasteiger charge is -2.39. The number of piperazine rings is 1.